The van der Waals surface area contributed by atoms with Gasteiger partial charge in [-0.1, -0.05) is 63.5 Å². The minimum Gasteiger partial charge on any atom is -0.462 e. The number of hydrogen-bond donors (Lipinski definition) is 0. The summed E-state index contributed by atoms with van der Waals surface area (Å²) in [7, 11) is 0. The Hall–Kier alpha value is -1.84. The van der Waals surface area contributed by atoms with Crippen LogP contribution in [0.5, 0.6) is 0 Å². The molecule has 0 bridgehead atoms. The predicted octanol–water partition coefficient (Wildman–Crippen LogP) is 5.55. The van der Waals surface area contributed by atoms with Crippen molar-refractivity contribution in [1.82, 2.24) is 0 Å². The fourth-order valence-corrected chi connectivity index (χ4v) is 4.34. The molecule has 2 fully saturated rings. The first kappa shape index (κ1) is 19.9. The number of rotatable bonds is 7. The number of carbonyl (C=O) groups excluding carboxylic acids is 2. The number of esters is 2. The first-order valence-electron chi connectivity index (χ1n) is 10.7. The Morgan fingerprint density at radius 1 is 0.741 bits per heavy atom. The molecule has 0 amide bonds. The van der Waals surface area contributed by atoms with E-state index in [9.17, 15) is 9.59 Å². The molecule has 2 aliphatic rings. The average Bonchev–Trinajstić information content (AvgIpc) is 2.73. The lowest BCUT2D eigenvalue weighted by atomic mass is 9.87. The SMILES string of the molecule is O=C(OCCC1CCCCC1)c1ccccc1C(=O)OCC1CCCCC1. The van der Waals surface area contributed by atoms with Crippen molar-refractivity contribution in [3.05, 3.63) is 35.4 Å². The smallest absolute Gasteiger partial charge is 0.339 e. The van der Waals surface area contributed by atoms with Crippen LogP contribution >= 0.6 is 0 Å². The van der Waals surface area contributed by atoms with Gasteiger partial charge < -0.3 is 9.47 Å². The van der Waals surface area contributed by atoms with E-state index in [0.29, 0.717) is 36.2 Å². The molecular formula is C23H32O4. The number of benzene rings is 1. The fraction of sp³-hybridized carbons (Fsp3) is 0.652. The summed E-state index contributed by atoms with van der Waals surface area (Å²) in [6.45, 7) is 0.874. The quantitative estimate of drug-likeness (QED) is 0.589. The second-order valence-electron chi connectivity index (χ2n) is 8.08. The molecule has 4 heteroatoms. The maximum Gasteiger partial charge on any atom is 0.339 e. The highest BCUT2D eigenvalue weighted by atomic mass is 16.5. The number of hydrogen-bond acceptors (Lipinski definition) is 4. The molecule has 0 spiro atoms. The molecule has 0 radical (unpaired) electrons. The van der Waals surface area contributed by atoms with Crippen LogP contribution in [0.3, 0.4) is 0 Å². The Bertz CT molecular complexity index is 613. The lowest BCUT2D eigenvalue weighted by Crippen LogP contribution is -2.19. The standard InChI is InChI=1S/C23H32O4/c24-22(26-16-15-18-9-3-1-4-10-18)20-13-7-8-14-21(20)23(25)27-17-19-11-5-2-6-12-19/h7-8,13-14,18-19H,1-6,9-12,15-17H2. The van der Waals surface area contributed by atoms with Crippen molar-refractivity contribution < 1.29 is 19.1 Å². The topological polar surface area (TPSA) is 52.6 Å². The fourth-order valence-electron chi connectivity index (χ4n) is 4.34. The Morgan fingerprint density at radius 3 is 1.85 bits per heavy atom. The highest BCUT2D eigenvalue weighted by Crippen LogP contribution is 2.26. The van der Waals surface area contributed by atoms with Crippen molar-refractivity contribution in [2.45, 2.75) is 70.6 Å². The van der Waals surface area contributed by atoms with E-state index in [0.717, 1.165) is 19.3 Å². The molecule has 2 aliphatic carbocycles. The van der Waals surface area contributed by atoms with Crippen LogP contribution in [-0.2, 0) is 9.47 Å². The molecule has 1 aromatic rings. The van der Waals surface area contributed by atoms with Gasteiger partial charge in [0.25, 0.3) is 0 Å². The molecule has 0 atom stereocenters. The molecule has 0 unspecified atom stereocenters. The van der Waals surface area contributed by atoms with Gasteiger partial charge in [0.05, 0.1) is 24.3 Å². The van der Waals surface area contributed by atoms with Crippen molar-refractivity contribution >= 4 is 11.9 Å². The summed E-state index contributed by atoms with van der Waals surface area (Å²) in [6, 6.07) is 6.83. The third-order valence-electron chi connectivity index (χ3n) is 6.03. The second-order valence-corrected chi connectivity index (χ2v) is 8.08. The second kappa shape index (κ2) is 10.5. The van der Waals surface area contributed by atoms with Crippen LogP contribution in [0.2, 0.25) is 0 Å². The summed E-state index contributed by atoms with van der Waals surface area (Å²) in [4.78, 5) is 25.0. The molecule has 1 aromatic carbocycles. The van der Waals surface area contributed by atoms with Gasteiger partial charge in [-0.05, 0) is 43.2 Å². The minimum atomic E-state index is -0.420. The van der Waals surface area contributed by atoms with Gasteiger partial charge >= 0.3 is 11.9 Å². The van der Waals surface area contributed by atoms with Crippen LogP contribution in [-0.4, -0.2) is 25.2 Å². The van der Waals surface area contributed by atoms with Crippen molar-refractivity contribution in [2.24, 2.45) is 11.8 Å². The molecule has 0 aliphatic heterocycles. The Balaban J connectivity index is 1.50. The number of ether oxygens (including phenoxy) is 2. The van der Waals surface area contributed by atoms with Crippen LogP contribution in [0.1, 0.15) is 91.3 Å². The van der Waals surface area contributed by atoms with Crippen LogP contribution in [0.25, 0.3) is 0 Å². The summed E-state index contributed by atoms with van der Waals surface area (Å²) in [5.41, 5.74) is 0.630. The molecule has 0 saturated heterocycles. The molecule has 27 heavy (non-hydrogen) atoms. The van der Waals surface area contributed by atoms with E-state index in [1.165, 1.54) is 51.4 Å². The van der Waals surface area contributed by atoms with Crippen LogP contribution in [0, 0.1) is 11.8 Å². The third kappa shape index (κ3) is 6.08. The van der Waals surface area contributed by atoms with Crippen molar-refractivity contribution in [3.8, 4) is 0 Å². The van der Waals surface area contributed by atoms with Crippen molar-refractivity contribution in [2.75, 3.05) is 13.2 Å². The van der Waals surface area contributed by atoms with E-state index in [-0.39, 0.29) is 0 Å². The number of carbonyl (C=O) groups is 2. The molecule has 4 nitrogen and oxygen atoms in total. The summed E-state index contributed by atoms with van der Waals surface area (Å²) >= 11 is 0. The largest absolute Gasteiger partial charge is 0.462 e. The van der Waals surface area contributed by atoms with Crippen LogP contribution < -0.4 is 0 Å². The van der Waals surface area contributed by atoms with E-state index in [2.05, 4.69) is 0 Å². The zero-order valence-corrected chi connectivity index (χ0v) is 16.3. The van der Waals surface area contributed by atoms with Gasteiger partial charge in [0.15, 0.2) is 0 Å². The van der Waals surface area contributed by atoms with Gasteiger partial charge in [0, 0.05) is 0 Å². The highest BCUT2D eigenvalue weighted by molar-refractivity contribution is 6.03. The molecule has 148 valence electrons. The molecule has 0 aromatic heterocycles. The van der Waals surface area contributed by atoms with Gasteiger partial charge in [0.2, 0.25) is 0 Å². The molecule has 3 rings (SSSR count). The first-order valence-corrected chi connectivity index (χ1v) is 10.7. The van der Waals surface area contributed by atoms with E-state index in [4.69, 9.17) is 9.47 Å². The normalized spacial score (nSPS) is 18.8. The zero-order valence-electron chi connectivity index (χ0n) is 16.3. The summed E-state index contributed by atoms with van der Waals surface area (Å²) in [6.07, 6.45) is 13.2. The maximum absolute atomic E-state index is 12.5. The van der Waals surface area contributed by atoms with Gasteiger partial charge in [-0.2, -0.15) is 0 Å². The van der Waals surface area contributed by atoms with E-state index >= 15 is 0 Å². The summed E-state index contributed by atoms with van der Waals surface area (Å²) in [5, 5.41) is 0. The van der Waals surface area contributed by atoms with E-state index in [1.54, 1.807) is 24.3 Å². The van der Waals surface area contributed by atoms with Gasteiger partial charge in [-0.15, -0.1) is 0 Å². The Kier molecular flexibility index (Phi) is 7.73. The third-order valence-corrected chi connectivity index (χ3v) is 6.03. The Morgan fingerprint density at radius 2 is 1.26 bits per heavy atom. The van der Waals surface area contributed by atoms with E-state index in [1.807, 2.05) is 0 Å². The lowest BCUT2D eigenvalue weighted by molar-refractivity contribution is 0.0386. The maximum atomic E-state index is 12.5. The minimum absolute atomic E-state index is 0.315. The zero-order chi connectivity index (χ0) is 18.9. The van der Waals surface area contributed by atoms with Crippen LogP contribution in [0.15, 0.2) is 24.3 Å². The van der Waals surface area contributed by atoms with Gasteiger partial charge in [-0.3, -0.25) is 0 Å². The Labute approximate surface area is 162 Å². The molecular weight excluding hydrogens is 340 g/mol. The summed E-state index contributed by atoms with van der Waals surface area (Å²) < 4.78 is 11.0. The van der Waals surface area contributed by atoms with Crippen LogP contribution in [0.4, 0.5) is 0 Å². The van der Waals surface area contributed by atoms with Gasteiger partial charge in [-0.25, -0.2) is 9.59 Å². The van der Waals surface area contributed by atoms with Crippen molar-refractivity contribution in [3.63, 3.8) is 0 Å². The predicted molar refractivity (Wildman–Crippen MR) is 105 cm³/mol. The molecule has 0 N–H and O–H groups in total. The van der Waals surface area contributed by atoms with Crippen molar-refractivity contribution in [1.29, 1.82) is 0 Å². The average molecular weight is 373 g/mol. The monoisotopic (exact) mass is 372 g/mol. The summed E-state index contributed by atoms with van der Waals surface area (Å²) in [5.74, 6) is 0.288. The first-order chi connectivity index (χ1) is 13.2. The molecule has 2 saturated carbocycles. The highest BCUT2D eigenvalue weighted by Gasteiger charge is 2.22. The van der Waals surface area contributed by atoms with Gasteiger partial charge in [0.1, 0.15) is 0 Å². The molecule has 0 heterocycles. The van der Waals surface area contributed by atoms with E-state index < -0.39 is 11.9 Å². The lowest BCUT2D eigenvalue weighted by Gasteiger charge is -2.21.